The molecule has 2 bridgehead atoms. The van der Waals surface area contributed by atoms with Crippen molar-refractivity contribution in [3.63, 3.8) is 0 Å². The number of carbonyl (C=O) groups is 1. The van der Waals surface area contributed by atoms with Gasteiger partial charge in [-0.15, -0.1) is 0 Å². The molecule has 0 saturated carbocycles. The number of anilines is 1. The Bertz CT molecular complexity index is 1540. The van der Waals surface area contributed by atoms with Crippen LogP contribution in [-0.2, 0) is 10.3 Å². The second-order valence-electron chi connectivity index (χ2n) is 9.91. The molecule has 1 heterocycles. The lowest BCUT2D eigenvalue weighted by Crippen LogP contribution is -2.41. The first-order chi connectivity index (χ1) is 17.6. The first kappa shape index (κ1) is 21.0. The highest BCUT2D eigenvalue weighted by atomic mass is 16.5. The smallest absolute Gasteiger partial charge is 0.185 e. The fourth-order valence-electron chi connectivity index (χ4n) is 6.20. The van der Waals surface area contributed by atoms with Crippen LogP contribution >= 0.6 is 0 Å². The summed E-state index contributed by atoms with van der Waals surface area (Å²) < 4.78 is 7.07. The van der Waals surface area contributed by atoms with Crippen molar-refractivity contribution in [2.24, 2.45) is 0 Å². The molecule has 0 unspecified atom stereocenters. The fourth-order valence-corrected chi connectivity index (χ4v) is 6.20. The van der Waals surface area contributed by atoms with Gasteiger partial charge in [0.1, 0.15) is 12.0 Å². The Labute approximate surface area is 211 Å². The van der Waals surface area contributed by atoms with Crippen molar-refractivity contribution in [1.82, 2.24) is 0 Å². The lowest BCUT2D eigenvalue weighted by Gasteiger charge is -2.48. The van der Waals surface area contributed by atoms with Crippen LogP contribution in [0.3, 0.4) is 0 Å². The van der Waals surface area contributed by atoms with Gasteiger partial charge in [0.15, 0.2) is 5.60 Å². The summed E-state index contributed by atoms with van der Waals surface area (Å²) >= 11 is 0. The van der Waals surface area contributed by atoms with Gasteiger partial charge in [-0.1, -0.05) is 84.9 Å². The Morgan fingerprint density at radius 2 is 1.33 bits per heavy atom. The van der Waals surface area contributed by atoms with Crippen LogP contribution in [0, 0.1) is 0 Å². The lowest BCUT2D eigenvalue weighted by atomic mass is 9.58. The second kappa shape index (κ2) is 7.56. The van der Waals surface area contributed by atoms with Crippen molar-refractivity contribution >= 4 is 23.3 Å². The zero-order valence-electron chi connectivity index (χ0n) is 20.2. The van der Waals surface area contributed by atoms with Gasteiger partial charge < -0.3 is 9.64 Å². The maximum atomic E-state index is 11.2. The van der Waals surface area contributed by atoms with Crippen LogP contribution in [0.4, 0.5) is 5.69 Å². The standard InChI is InChI=1S/C33H25NO2/c1-34(2)24-17-15-23(16-18-24)31-29-19-30(22-13-11-21(20-35)12-14-22)36-33(29)27-9-5-3-7-25(27)32(31)26-8-4-6-10-28(26)33/h3-20,32H,1-2H3. The molecule has 0 N–H and O–H groups in total. The molecule has 1 spiro atoms. The van der Waals surface area contributed by atoms with Gasteiger partial charge in [-0.05, 0) is 40.5 Å². The van der Waals surface area contributed by atoms with Crippen LogP contribution in [0.15, 0.2) is 109 Å². The number of benzene rings is 4. The quantitative estimate of drug-likeness (QED) is 0.309. The number of carbonyl (C=O) groups excluding carboxylic acids is 1. The Morgan fingerprint density at radius 1 is 0.750 bits per heavy atom. The number of hydrogen-bond acceptors (Lipinski definition) is 3. The van der Waals surface area contributed by atoms with Crippen LogP contribution in [0.2, 0.25) is 0 Å². The molecule has 0 radical (unpaired) electrons. The van der Waals surface area contributed by atoms with Crippen LogP contribution in [0.1, 0.15) is 49.7 Å². The molecule has 4 aliphatic rings. The van der Waals surface area contributed by atoms with E-state index >= 15 is 0 Å². The molecule has 1 aliphatic heterocycles. The Kier molecular flexibility index (Phi) is 4.40. The molecule has 0 aromatic heterocycles. The molecular formula is C33H25NO2. The number of ether oxygens (including phenoxy) is 1. The van der Waals surface area contributed by atoms with E-state index in [9.17, 15) is 4.79 Å². The van der Waals surface area contributed by atoms with Gasteiger partial charge in [-0.2, -0.15) is 0 Å². The highest BCUT2D eigenvalue weighted by molar-refractivity contribution is 5.93. The maximum Gasteiger partial charge on any atom is 0.185 e. The van der Waals surface area contributed by atoms with Crippen LogP contribution in [0.5, 0.6) is 0 Å². The summed E-state index contributed by atoms with van der Waals surface area (Å²) in [5.41, 5.74) is 10.9. The molecule has 174 valence electrons. The minimum absolute atomic E-state index is 0.135. The molecule has 36 heavy (non-hydrogen) atoms. The molecule has 0 atom stereocenters. The third-order valence-corrected chi connectivity index (χ3v) is 7.82. The summed E-state index contributed by atoms with van der Waals surface area (Å²) in [6.07, 6.45) is 3.10. The van der Waals surface area contributed by atoms with E-state index in [-0.39, 0.29) is 5.92 Å². The number of allylic oxidation sites excluding steroid dienone is 1. The van der Waals surface area contributed by atoms with Gasteiger partial charge in [-0.25, -0.2) is 0 Å². The van der Waals surface area contributed by atoms with Crippen LogP contribution < -0.4 is 4.90 Å². The van der Waals surface area contributed by atoms with Gasteiger partial charge >= 0.3 is 0 Å². The predicted octanol–water partition coefficient (Wildman–Crippen LogP) is 6.79. The SMILES string of the molecule is CN(C)c1ccc(C2=C3C=C(c4ccc(C=O)cc4)OC34c3ccccc3C2c2ccccc24)cc1. The van der Waals surface area contributed by atoms with Crippen molar-refractivity contribution < 1.29 is 9.53 Å². The fraction of sp³-hybridized carbons (Fsp3) is 0.121. The van der Waals surface area contributed by atoms with Crippen molar-refractivity contribution in [2.75, 3.05) is 19.0 Å². The van der Waals surface area contributed by atoms with Crippen molar-refractivity contribution in [3.05, 3.63) is 148 Å². The second-order valence-corrected chi connectivity index (χ2v) is 9.91. The summed E-state index contributed by atoms with van der Waals surface area (Å²) in [5, 5.41) is 0. The van der Waals surface area contributed by atoms with Crippen molar-refractivity contribution in [2.45, 2.75) is 11.5 Å². The van der Waals surface area contributed by atoms with E-state index in [1.165, 1.54) is 44.7 Å². The molecule has 0 saturated heterocycles. The summed E-state index contributed by atoms with van der Waals surface area (Å²) in [5.74, 6) is 0.966. The van der Waals surface area contributed by atoms with Crippen LogP contribution in [0.25, 0.3) is 11.3 Å². The molecule has 0 amide bonds. The number of nitrogens with zero attached hydrogens (tertiary/aromatic N) is 1. The molecule has 4 aromatic rings. The first-order valence-corrected chi connectivity index (χ1v) is 12.3. The topological polar surface area (TPSA) is 29.5 Å². The first-order valence-electron chi connectivity index (χ1n) is 12.3. The molecular weight excluding hydrogens is 442 g/mol. The zero-order chi connectivity index (χ0) is 24.4. The van der Waals surface area contributed by atoms with Gasteiger partial charge in [0.2, 0.25) is 0 Å². The monoisotopic (exact) mass is 467 g/mol. The molecule has 3 heteroatoms. The molecule has 3 nitrogen and oxygen atoms in total. The van der Waals surface area contributed by atoms with Gasteiger partial charge in [0, 0.05) is 53.5 Å². The van der Waals surface area contributed by atoms with E-state index in [1.807, 2.05) is 24.3 Å². The minimum Gasteiger partial charge on any atom is -0.472 e. The molecule has 4 aromatic carbocycles. The number of aldehydes is 1. The van der Waals surface area contributed by atoms with Crippen molar-refractivity contribution in [1.29, 1.82) is 0 Å². The van der Waals surface area contributed by atoms with Gasteiger partial charge in [0.05, 0.1) is 0 Å². The summed E-state index contributed by atoms with van der Waals surface area (Å²) in [7, 11) is 4.13. The van der Waals surface area contributed by atoms with E-state index in [1.54, 1.807) is 0 Å². The third kappa shape index (κ3) is 2.71. The predicted molar refractivity (Wildman–Crippen MR) is 144 cm³/mol. The van der Waals surface area contributed by atoms with Gasteiger partial charge in [0.25, 0.3) is 0 Å². The van der Waals surface area contributed by atoms with E-state index in [2.05, 4.69) is 97.9 Å². The average Bonchev–Trinajstić information content (AvgIpc) is 3.35. The van der Waals surface area contributed by atoms with E-state index in [4.69, 9.17) is 4.74 Å². The van der Waals surface area contributed by atoms with Gasteiger partial charge in [-0.3, -0.25) is 4.79 Å². The Balaban J connectivity index is 1.52. The minimum atomic E-state index is -0.698. The summed E-state index contributed by atoms with van der Waals surface area (Å²) in [4.78, 5) is 13.4. The summed E-state index contributed by atoms with van der Waals surface area (Å²) in [6, 6.07) is 33.9. The normalized spacial score (nSPS) is 20.7. The lowest BCUT2D eigenvalue weighted by molar-refractivity contribution is 0.112. The maximum absolute atomic E-state index is 11.2. The Hall–Kier alpha value is -4.37. The van der Waals surface area contributed by atoms with E-state index in [0.29, 0.717) is 5.56 Å². The zero-order valence-corrected chi connectivity index (χ0v) is 20.2. The molecule has 3 aliphatic carbocycles. The summed E-state index contributed by atoms with van der Waals surface area (Å²) in [6.45, 7) is 0. The van der Waals surface area contributed by atoms with Crippen molar-refractivity contribution in [3.8, 4) is 0 Å². The third-order valence-electron chi connectivity index (χ3n) is 7.82. The molecule has 0 fully saturated rings. The highest BCUT2D eigenvalue weighted by Gasteiger charge is 2.57. The average molecular weight is 468 g/mol. The number of hydrogen-bond donors (Lipinski definition) is 0. The largest absolute Gasteiger partial charge is 0.472 e. The van der Waals surface area contributed by atoms with Crippen LogP contribution in [-0.4, -0.2) is 20.4 Å². The van der Waals surface area contributed by atoms with E-state index < -0.39 is 5.60 Å². The highest BCUT2D eigenvalue weighted by Crippen LogP contribution is 2.65. The molecule has 8 rings (SSSR count). The Morgan fingerprint density at radius 3 is 1.92 bits per heavy atom. The number of rotatable bonds is 4. The van der Waals surface area contributed by atoms with E-state index in [0.717, 1.165) is 17.6 Å².